The number of rotatable bonds is 3. The molecular weight excluding hydrogens is 258 g/mol. The topological polar surface area (TPSA) is 12.9 Å². The third-order valence-electron chi connectivity index (χ3n) is 2.15. The molecule has 0 aliphatic heterocycles. The molecule has 3 heteroatoms. The summed E-state index contributed by atoms with van der Waals surface area (Å²) in [5, 5.41) is 2.09. The van der Waals surface area contributed by atoms with Crippen LogP contribution in [0.3, 0.4) is 0 Å². The standard InChI is InChI=1S/C11H16BrNS/c1-7(2)10(6-12)5-11-8(3)13-9(4)14-11/h5,7H,6H2,1-4H3. The predicted octanol–water partition coefficient (Wildman–Crippen LogP) is 4.19. The van der Waals surface area contributed by atoms with Crippen LogP contribution in [0, 0.1) is 19.8 Å². The Labute approximate surface area is 98.4 Å². The average Bonchev–Trinajstić information content (AvgIpc) is 2.40. The first kappa shape index (κ1) is 11.9. The van der Waals surface area contributed by atoms with Gasteiger partial charge < -0.3 is 0 Å². The van der Waals surface area contributed by atoms with Gasteiger partial charge in [0.05, 0.1) is 15.6 Å². The number of halogens is 1. The second-order valence-electron chi connectivity index (χ2n) is 3.69. The zero-order chi connectivity index (χ0) is 10.7. The van der Waals surface area contributed by atoms with Crippen molar-refractivity contribution in [2.24, 2.45) is 5.92 Å². The van der Waals surface area contributed by atoms with Gasteiger partial charge in [0.1, 0.15) is 0 Å². The highest BCUT2D eigenvalue weighted by Crippen LogP contribution is 2.23. The van der Waals surface area contributed by atoms with E-state index in [-0.39, 0.29) is 0 Å². The molecule has 0 N–H and O–H groups in total. The van der Waals surface area contributed by atoms with Crippen molar-refractivity contribution < 1.29 is 0 Å². The summed E-state index contributed by atoms with van der Waals surface area (Å²) in [5.74, 6) is 0.594. The van der Waals surface area contributed by atoms with Crippen LogP contribution in [0.1, 0.15) is 29.4 Å². The Hall–Kier alpha value is -0.150. The van der Waals surface area contributed by atoms with E-state index in [1.807, 2.05) is 0 Å². The molecule has 78 valence electrons. The maximum atomic E-state index is 4.42. The maximum Gasteiger partial charge on any atom is 0.0903 e. The Morgan fingerprint density at radius 3 is 2.50 bits per heavy atom. The molecule has 0 saturated heterocycles. The lowest BCUT2D eigenvalue weighted by atomic mass is 10.0. The molecule has 0 atom stereocenters. The van der Waals surface area contributed by atoms with E-state index in [1.165, 1.54) is 10.5 Å². The summed E-state index contributed by atoms with van der Waals surface area (Å²) in [4.78, 5) is 5.71. The Morgan fingerprint density at radius 1 is 1.50 bits per heavy atom. The molecule has 0 aromatic carbocycles. The van der Waals surface area contributed by atoms with Crippen molar-refractivity contribution in [2.45, 2.75) is 27.7 Å². The molecule has 1 heterocycles. The zero-order valence-electron chi connectivity index (χ0n) is 9.10. The number of alkyl halides is 1. The van der Waals surface area contributed by atoms with Gasteiger partial charge in [0.25, 0.3) is 0 Å². The Kier molecular flexibility index (Phi) is 4.32. The highest BCUT2D eigenvalue weighted by atomic mass is 79.9. The van der Waals surface area contributed by atoms with Crippen LogP contribution in [0.25, 0.3) is 6.08 Å². The van der Waals surface area contributed by atoms with Crippen LogP contribution in [0.2, 0.25) is 0 Å². The second kappa shape index (κ2) is 5.08. The quantitative estimate of drug-likeness (QED) is 0.753. The first-order valence-corrected chi connectivity index (χ1v) is 6.68. The number of allylic oxidation sites excluding steroid dienone is 1. The molecule has 1 rings (SSSR count). The summed E-state index contributed by atoms with van der Waals surface area (Å²) in [5.41, 5.74) is 2.57. The van der Waals surface area contributed by atoms with E-state index in [4.69, 9.17) is 0 Å². The van der Waals surface area contributed by atoms with Crippen molar-refractivity contribution in [3.8, 4) is 0 Å². The molecule has 0 bridgehead atoms. The summed E-state index contributed by atoms with van der Waals surface area (Å²) in [6, 6.07) is 0. The van der Waals surface area contributed by atoms with Gasteiger partial charge in [0.15, 0.2) is 0 Å². The van der Waals surface area contributed by atoms with Gasteiger partial charge in [0.2, 0.25) is 0 Å². The summed E-state index contributed by atoms with van der Waals surface area (Å²) in [6.07, 6.45) is 2.26. The van der Waals surface area contributed by atoms with Crippen LogP contribution >= 0.6 is 27.3 Å². The van der Waals surface area contributed by atoms with Gasteiger partial charge in [-0.15, -0.1) is 11.3 Å². The fourth-order valence-corrected chi connectivity index (χ4v) is 2.92. The van der Waals surface area contributed by atoms with Gasteiger partial charge in [-0.05, 0) is 25.8 Å². The highest BCUT2D eigenvalue weighted by molar-refractivity contribution is 9.09. The smallest absolute Gasteiger partial charge is 0.0903 e. The molecule has 0 radical (unpaired) electrons. The maximum absolute atomic E-state index is 4.42. The highest BCUT2D eigenvalue weighted by Gasteiger charge is 2.06. The number of hydrogen-bond donors (Lipinski definition) is 0. The lowest BCUT2D eigenvalue weighted by Gasteiger charge is -2.06. The molecule has 1 aromatic heterocycles. The van der Waals surface area contributed by atoms with E-state index >= 15 is 0 Å². The normalized spacial score (nSPS) is 12.6. The number of nitrogens with zero attached hydrogens (tertiary/aromatic N) is 1. The Balaban J connectivity index is 3.00. The molecule has 14 heavy (non-hydrogen) atoms. The minimum atomic E-state index is 0.594. The number of aryl methyl sites for hydroxylation is 2. The fraction of sp³-hybridized carbons (Fsp3) is 0.545. The molecule has 0 unspecified atom stereocenters. The Morgan fingerprint density at radius 2 is 2.14 bits per heavy atom. The van der Waals surface area contributed by atoms with Crippen molar-refractivity contribution in [1.82, 2.24) is 4.98 Å². The molecule has 0 aliphatic carbocycles. The lowest BCUT2D eigenvalue weighted by Crippen LogP contribution is -1.94. The third-order valence-corrected chi connectivity index (χ3v) is 3.82. The van der Waals surface area contributed by atoms with Crippen molar-refractivity contribution in [1.29, 1.82) is 0 Å². The second-order valence-corrected chi connectivity index (χ2v) is 5.49. The van der Waals surface area contributed by atoms with Crippen LogP contribution in [0.5, 0.6) is 0 Å². The van der Waals surface area contributed by atoms with E-state index in [9.17, 15) is 0 Å². The molecule has 1 nitrogen and oxygen atoms in total. The molecule has 0 saturated carbocycles. The van der Waals surface area contributed by atoms with Crippen molar-refractivity contribution in [3.63, 3.8) is 0 Å². The van der Waals surface area contributed by atoms with E-state index in [0.717, 1.165) is 16.0 Å². The largest absolute Gasteiger partial charge is 0.246 e. The van der Waals surface area contributed by atoms with E-state index in [1.54, 1.807) is 11.3 Å². The number of hydrogen-bond acceptors (Lipinski definition) is 2. The lowest BCUT2D eigenvalue weighted by molar-refractivity contribution is 0.781. The molecular formula is C11H16BrNS. The van der Waals surface area contributed by atoms with Crippen LogP contribution in [-0.2, 0) is 0 Å². The van der Waals surface area contributed by atoms with Gasteiger partial charge in [-0.2, -0.15) is 0 Å². The number of thiazole rings is 1. The van der Waals surface area contributed by atoms with Gasteiger partial charge in [-0.25, -0.2) is 4.98 Å². The first-order chi connectivity index (χ1) is 6.54. The van der Waals surface area contributed by atoms with Gasteiger partial charge in [-0.1, -0.05) is 35.4 Å². The summed E-state index contributed by atoms with van der Waals surface area (Å²) in [7, 11) is 0. The van der Waals surface area contributed by atoms with Crippen molar-refractivity contribution in [3.05, 3.63) is 21.2 Å². The number of aromatic nitrogens is 1. The predicted molar refractivity (Wildman–Crippen MR) is 68.2 cm³/mol. The SMILES string of the molecule is Cc1nc(C)c(C=C(CBr)C(C)C)s1. The van der Waals surface area contributed by atoms with Crippen molar-refractivity contribution >= 4 is 33.3 Å². The first-order valence-electron chi connectivity index (χ1n) is 4.75. The minimum Gasteiger partial charge on any atom is -0.246 e. The van der Waals surface area contributed by atoms with Gasteiger partial charge in [0, 0.05) is 5.33 Å². The molecule has 0 amide bonds. The molecule has 1 aromatic rings. The summed E-state index contributed by atoms with van der Waals surface area (Å²) >= 11 is 5.29. The van der Waals surface area contributed by atoms with Crippen LogP contribution < -0.4 is 0 Å². The van der Waals surface area contributed by atoms with E-state index in [2.05, 4.69) is 54.7 Å². The van der Waals surface area contributed by atoms with Gasteiger partial charge in [-0.3, -0.25) is 0 Å². The molecule has 0 spiro atoms. The molecule has 0 aliphatic rings. The van der Waals surface area contributed by atoms with Crippen LogP contribution in [0.4, 0.5) is 0 Å². The van der Waals surface area contributed by atoms with E-state index in [0.29, 0.717) is 5.92 Å². The Bertz CT molecular complexity index is 339. The molecule has 0 fully saturated rings. The van der Waals surface area contributed by atoms with Crippen molar-refractivity contribution in [2.75, 3.05) is 5.33 Å². The van der Waals surface area contributed by atoms with Gasteiger partial charge >= 0.3 is 0 Å². The average molecular weight is 274 g/mol. The summed E-state index contributed by atoms with van der Waals surface area (Å²) in [6.45, 7) is 8.56. The summed E-state index contributed by atoms with van der Waals surface area (Å²) < 4.78 is 0. The van der Waals surface area contributed by atoms with Crippen LogP contribution in [-0.4, -0.2) is 10.3 Å². The van der Waals surface area contributed by atoms with Crippen LogP contribution in [0.15, 0.2) is 5.57 Å². The monoisotopic (exact) mass is 273 g/mol. The zero-order valence-corrected chi connectivity index (χ0v) is 11.5. The fourth-order valence-electron chi connectivity index (χ4n) is 1.21. The van der Waals surface area contributed by atoms with E-state index < -0.39 is 0 Å². The minimum absolute atomic E-state index is 0.594. The third kappa shape index (κ3) is 2.92.